The summed E-state index contributed by atoms with van der Waals surface area (Å²) in [6.07, 6.45) is 0. The van der Waals surface area contributed by atoms with Gasteiger partial charge in [-0.25, -0.2) is 0 Å². The minimum absolute atomic E-state index is 0.00639. The summed E-state index contributed by atoms with van der Waals surface area (Å²) in [4.78, 5) is 4.57. The van der Waals surface area contributed by atoms with Gasteiger partial charge < -0.3 is 47.4 Å². The maximum atomic E-state index is 6.98. The third kappa shape index (κ3) is 14.5. The quantitative estimate of drug-likeness (QED) is 0.106. The molecule has 0 radical (unpaired) electrons. The Morgan fingerprint density at radius 1 is 0.159 bits per heavy atom. The molecule has 145 heavy (non-hydrogen) atoms. The van der Waals surface area contributed by atoms with Crippen LogP contribution in [0.2, 0.25) is 0 Å². The van der Waals surface area contributed by atoms with E-state index in [1.54, 1.807) is 0 Å². The number of aromatic nitrogens is 2. The standard InChI is InChI=1S/C54H37BN2O2.C42H25BN2O2.C36H23BO2/c1-5-17-40(18-6-1)56(41-19-7-2-8-20-41)44-33-29-38(30-34-44)46-37-47(39-31-35-45(36-32-39)57(42-21-9-3-10-22-42)43-23-11-4-12-24-43)54-52-53(46)58-50-27-15-13-25-48(50)55(52)49-26-14-16-28-51(49)59-54;1-5-14-34-28(10-1)29-11-2-6-15-35(29)44(34)26-20-22-32-40(24-26)46-38-18-9-19-39-42(38)43(32)33-23-21-27(25-41(33)47-39)45-36-16-7-3-12-30(36)31-13-4-8-17-37(31)45;1-3-11-24(12-4-1)26-19-27(25-13-5-2-6-14-25)21-28(20-26)29-22-34-36-35(23-29)39-33-18-10-8-16-31(33)37(36)30-15-7-9-17-32(30)38-34/h1-37H;1-25H;1-23H. The molecule has 0 N–H and O–H groups in total. The number of para-hydroxylation sites is 12. The SMILES string of the molecule is c1cc2c3c(c1)Oc1cc(-n4c5ccccc5c5ccccc54)ccc1B3c1ccc(-n3c4ccccc4c4ccccc43)cc1O2.c1ccc(-c2cc(-c3ccccc3)cc(-c3cc4c5c(c3)Oc3ccccc3B5c3ccccc3O4)c2)cc1.c1ccc(N(c2ccccc2)c2ccc(-c3cc(-c4ccc(N(c5ccccc5)c5ccccc5)cc4)c4c5c3Oc3ccccc3B5c3ccccc3O4)cc2)cc1. The molecule has 22 aromatic carbocycles. The second-order valence-corrected chi connectivity index (χ2v) is 37.5. The minimum atomic E-state index is -0.0644. The topological polar surface area (TPSA) is 71.7 Å². The molecule has 0 unspecified atom stereocenters. The van der Waals surface area contributed by atoms with Gasteiger partial charge in [0.2, 0.25) is 0 Å². The van der Waals surface area contributed by atoms with Crippen molar-refractivity contribution in [2.45, 2.75) is 0 Å². The molecule has 10 nitrogen and oxygen atoms in total. The molecular weight excluding hydrogens is 1770 g/mol. The molecule has 6 aliphatic rings. The number of ether oxygens (including phenoxy) is 6. The number of benzene rings is 22. The van der Waals surface area contributed by atoms with Gasteiger partial charge in [0.15, 0.2) is 0 Å². The number of anilines is 6. The summed E-state index contributed by atoms with van der Waals surface area (Å²) in [5.41, 5.74) is 34.6. The molecule has 0 fully saturated rings. The van der Waals surface area contributed by atoms with Crippen molar-refractivity contribution < 1.29 is 28.4 Å². The van der Waals surface area contributed by atoms with E-state index in [1.807, 2.05) is 18.2 Å². The maximum Gasteiger partial charge on any atom is 0.260 e. The summed E-state index contributed by atoms with van der Waals surface area (Å²) in [5.74, 6) is 10.3. The van der Waals surface area contributed by atoms with Crippen molar-refractivity contribution in [1.29, 1.82) is 0 Å². The molecule has 678 valence electrons. The summed E-state index contributed by atoms with van der Waals surface area (Å²) < 4.78 is 45.1. The molecule has 2 aromatic heterocycles. The van der Waals surface area contributed by atoms with E-state index in [2.05, 4.69) is 516 Å². The van der Waals surface area contributed by atoms with E-state index < -0.39 is 0 Å². The molecule has 0 saturated carbocycles. The Bertz CT molecular complexity index is 8530. The molecule has 0 amide bonds. The highest BCUT2D eigenvalue weighted by molar-refractivity contribution is 6.99. The van der Waals surface area contributed by atoms with Crippen LogP contribution in [0.4, 0.5) is 34.1 Å². The van der Waals surface area contributed by atoms with Gasteiger partial charge in [0.25, 0.3) is 20.1 Å². The third-order valence-corrected chi connectivity index (χ3v) is 29.2. The minimum Gasteiger partial charge on any atom is -0.458 e. The van der Waals surface area contributed by atoms with E-state index in [4.69, 9.17) is 28.4 Å². The van der Waals surface area contributed by atoms with Gasteiger partial charge in [-0.3, -0.25) is 0 Å². The van der Waals surface area contributed by atoms with Crippen molar-refractivity contribution in [3.05, 3.63) is 516 Å². The largest absolute Gasteiger partial charge is 0.458 e. The first kappa shape index (κ1) is 84.1. The Labute approximate surface area is 840 Å². The van der Waals surface area contributed by atoms with E-state index in [9.17, 15) is 0 Å². The van der Waals surface area contributed by atoms with Crippen molar-refractivity contribution in [1.82, 2.24) is 9.13 Å². The van der Waals surface area contributed by atoms with Crippen LogP contribution in [-0.4, -0.2) is 29.3 Å². The smallest absolute Gasteiger partial charge is 0.260 e. The molecule has 24 aromatic rings. The van der Waals surface area contributed by atoms with E-state index >= 15 is 0 Å². The third-order valence-electron chi connectivity index (χ3n) is 29.2. The highest BCUT2D eigenvalue weighted by Gasteiger charge is 2.45. The molecule has 6 aliphatic heterocycles. The van der Waals surface area contributed by atoms with Gasteiger partial charge in [0.1, 0.15) is 69.0 Å². The van der Waals surface area contributed by atoms with Crippen LogP contribution in [0.3, 0.4) is 0 Å². The Morgan fingerprint density at radius 2 is 0.421 bits per heavy atom. The van der Waals surface area contributed by atoms with Gasteiger partial charge in [0, 0.05) is 107 Å². The monoisotopic (exact) mass is 1850 g/mol. The van der Waals surface area contributed by atoms with E-state index in [1.165, 1.54) is 76.8 Å². The average molecular weight is 1860 g/mol. The fourth-order valence-corrected chi connectivity index (χ4v) is 22.7. The predicted molar refractivity (Wildman–Crippen MR) is 598 cm³/mol. The lowest BCUT2D eigenvalue weighted by Crippen LogP contribution is -2.57. The average Bonchev–Trinajstić information content (AvgIpc) is 1.55. The predicted octanol–water partition coefficient (Wildman–Crippen LogP) is 28.7. The highest BCUT2D eigenvalue weighted by atomic mass is 16.5. The zero-order chi connectivity index (χ0) is 95.5. The normalized spacial score (nSPS) is 12.4. The molecule has 0 aliphatic carbocycles. The fraction of sp³-hybridized carbons (Fsp3) is 0. The lowest BCUT2D eigenvalue weighted by molar-refractivity contribution is 0.464. The Hall–Kier alpha value is -19.0. The summed E-state index contributed by atoms with van der Waals surface area (Å²) >= 11 is 0. The first-order valence-corrected chi connectivity index (χ1v) is 49.4. The van der Waals surface area contributed by atoms with Crippen molar-refractivity contribution in [3.8, 4) is 136 Å². The van der Waals surface area contributed by atoms with E-state index in [0.29, 0.717) is 0 Å². The van der Waals surface area contributed by atoms with Crippen molar-refractivity contribution in [3.63, 3.8) is 0 Å². The molecule has 0 bridgehead atoms. The van der Waals surface area contributed by atoms with Gasteiger partial charge >= 0.3 is 0 Å². The van der Waals surface area contributed by atoms with Crippen LogP contribution in [0.15, 0.2) is 516 Å². The second kappa shape index (κ2) is 35.1. The lowest BCUT2D eigenvalue weighted by Gasteiger charge is -2.35. The molecule has 0 atom stereocenters. The Morgan fingerprint density at radius 3 is 0.779 bits per heavy atom. The van der Waals surface area contributed by atoms with Crippen LogP contribution < -0.4 is 87.4 Å². The van der Waals surface area contributed by atoms with Crippen LogP contribution in [-0.2, 0) is 0 Å². The van der Waals surface area contributed by atoms with Crippen molar-refractivity contribution >= 4 is 147 Å². The summed E-state index contributed by atoms with van der Waals surface area (Å²) in [6.45, 7) is 0.00744. The van der Waals surface area contributed by atoms with Gasteiger partial charge in [-0.15, -0.1) is 0 Å². The number of fused-ring (bicyclic) bond motifs is 18. The Kier molecular flexibility index (Phi) is 20.4. The van der Waals surface area contributed by atoms with Crippen LogP contribution in [0.1, 0.15) is 0 Å². The Balaban J connectivity index is 0.000000108. The van der Waals surface area contributed by atoms with E-state index in [-0.39, 0.29) is 20.1 Å². The summed E-state index contributed by atoms with van der Waals surface area (Å²) in [7, 11) is 0. The van der Waals surface area contributed by atoms with Crippen molar-refractivity contribution in [2.75, 3.05) is 9.80 Å². The first-order valence-electron chi connectivity index (χ1n) is 49.4. The number of hydrogen-bond acceptors (Lipinski definition) is 8. The zero-order valence-electron chi connectivity index (χ0n) is 78.5. The fourth-order valence-electron chi connectivity index (χ4n) is 22.7. The maximum absolute atomic E-state index is 6.98. The summed E-state index contributed by atoms with van der Waals surface area (Å²) in [6, 6.07) is 182. The van der Waals surface area contributed by atoms with Crippen LogP contribution >= 0.6 is 0 Å². The molecule has 30 rings (SSSR count). The number of nitrogens with zero attached hydrogens (tertiary/aromatic N) is 4. The lowest BCUT2D eigenvalue weighted by atomic mass is 9.34. The van der Waals surface area contributed by atoms with Crippen LogP contribution in [0.25, 0.3) is 111 Å². The van der Waals surface area contributed by atoms with Gasteiger partial charge in [0.05, 0.1) is 22.1 Å². The molecule has 13 heteroatoms. The number of rotatable bonds is 13. The van der Waals surface area contributed by atoms with Gasteiger partial charge in [-0.1, -0.05) is 322 Å². The number of hydrogen-bond donors (Lipinski definition) is 0. The van der Waals surface area contributed by atoms with Gasteiger partial charge in [-0.2, -0.15) is 0 Å². The highest BCUT2D eigenvalue weighted by Crippen LogP contribution is 2.51. The molecule has 8 heterocycles. The summed E-state index contributed by atoms with van der Waals surface area (Å²) in [5, 5.41) is 4.98. The zero-order valence-corrected chi connectivity index (χ0v) is 78.5. The van der Waals surface area contributed by atoms with Gasteiger partial charge in [-0.05, 0) is 259 Å². The van der Waals surface area contributed by atoms with Crippen LogP contribution in [0, 0.1) is 0 Å². The molecule has 0 spiro atoms. The molecular formula is C132H85B3N4O6. The first-order chi connectivity index (χ1) is 71.9. The van der Waals surface area contributed by atoms with Crippen LogP contribution in [0.5, 0.6) is 69.0 Å². The molecule has 0 saturated heterocycles. The van der Waals surface area contributed by atoms with Crippen molar-refractivity contribution in [2.24, 2.45) is 0 Å². The van der Waals surface area contributed by atoms with E-state index in [0.717, 1.165) is 186 Å². The second-order valence-electron chi connectivity index (χ2n) is 37.5.